The predicted molar refractivity (Wildman–Crippen MR) is 78.0 cm³/mol. The summed E-state index contributed by atoms with van der Waals surface area (Å²) in [5, 5.41) is 0. The SMILES string of the molecule is CC1(C)OB(C2=CC3N=CC(=O)N=C3C=C2)OC1(C)C. The first-order valence-corrected chi connectivity index (χ1v) is 6.70. The minimum atomic E-state index is -0.411. The minimum Gasteiger partial charge on any atom is -0.399 e. The van der Waals surface area contributed by atoms with E-state index in [0.29, 0.717) is 5.71 Å². The van der Waals surface area contributed by atoms with Gasteiger partial charge >= 0.3 is 7.12 Å². The first kappa shape index (κ1) is 13.5. The van der Waals surface area contributed by atoms with Gasteiger partial charge in [-0.1, -0.05) is 12.2 Å². The smallest absolute Gasteiger partial charge is 0.399 e. The van der Waals surface area contributed by atoms with Crippen LogP contribution in [0.25, 0.3) is 0 Å². The Morgan fingerprint density at radius 1 is 1.15 bits per heavy atom. The Morgan fingerprint density at radius 3 is 2.45 bits per heavy atom. The van der Waals surface area contributed by atoms with Crippen LogP contribution in [0.5, 0.6) is 0 Å². The molecule has 3 aliphatic rings. The second-order valence-electron chi connectivity index (χ2n) is 6.19. The van der Waals surface area contributed by atoms with Gasteiger partial charge < -0.3 is 9.31 Å². The molecule has 1 saturated heterocycles. The van der Waals surface area contributed by atoms with Gasteiger partial charge in [0.05, 0.1) is 23.1 Å². The number of carbonyl (C=O) groups excluding carboxylic acids is 1. The molecule has 2 aliphatic heterocycles. The zero-order valence-corrected chi connectivity index (χ0v) is 12.1. The van der Waals surface area contributed by atoms with Crippen LogP contribution in [0.3, 0.4) is 0 Å². The lowest BCUT2D eigenvalue weighted by Crippen LogP contribution is -2.41. The van der Waals surface area contributed by atoms with Crippen molar-refractivity contribution in [2.24, 2.45) is 9.98 Å². The van der Waals surface area contributed by atoms with E-state index in [4.69, 9.17) is 9.31 Å². The molecule has 1 fully saturated rings. The number of allylic oxidation sites excluding steroid dienone is 2. The molecule has 0 aromatic carbocycles. The fourth-order valence-electron chi connectivity index (χ4n) is 2.26. The van der Waals surface area contributed by atoms with Gasteiger partial charge in [-0.05, 0) is 39.2 Å². The Kier molecular flexibility index (Phi) is 2.85. The van der Waals surface area contributed by atoms with Crippen molar-refractivity contribution in [2.75, 3.05) is 0 Å². The van der Waals surface area contributed by atoms with E-state index in [-0.39, 0.29) is 23.2 Å². The van der Waals surface area contributed by atoms with Crippen molar-refractivity contribution in [3.63, 3.8) is 0 Å². The Labute approximate surface area is 118 Å². The first-order chi connectivity index (χ1) is 9.28. The molecule has 104 valence electrons. The fourth-order valence-corrected chi connectivity index (χ4v) is 2.26. The molecule has 0 aromatic heterocycles. The summed E-state index contributed by atoms with van der Waals surface area (Å²) in [5.41, 5.74) is 0.843. The van der Waals surface area contributed by atoms with Crippen LogP contribution >= 0.6 is 0 Å². The normalized spacial score (nSPS) is 30.1. The van der Waals surface area contributed by atoms with Crippen LogP contribution in [0, 0.1) is 0 Å². The highest BCUT2D eigenvalue weighted by Crippen LogP contribution is 2.39. The first-order valence-electron chi connectivity index (χ1n) is 6.70. The molecule has 0 N–H and O–H groups in total. The van der Waals surface area contributed by atoms with E-state index in [1.54, 1.807) is 6.08 Å². The molecule has 5 nitrogen and oxygen atoms in total. The number of amides is 1. The molecule has 3 rings (SSSR count). The average molecular weight is 272 g/mol. The monoisotopic (exact) mass is 272 g/mol. The zero-order chi connectivity index (χ0) is 14.5. The molecule has 1 atom stereocenters. The van der Waals surface area contributed by atoms with Gasteiger partial charge in [-0.15, -0.1) is 0 Å². The highest BCUT2D eigenvalue weighted by Gasteiger charge is 2.52. The van der Waals surface area contributed by atoms with E-state index >= 15 is 0 Å². The second-order valence-corrected chi connectivity index (χ2v) is 6.19. The van der Waals surface area contributed by atoms with E-state index < -0.39 is 7.12 Å². The Morgan fingerprint density at radius 2 is 1.80 bits per heavy atom. The number of hydrogen-bond donors (Lipinski definition) is 0. The van der Waals surface area contributed by atoms with Gasteiger partial charge in [0.25, 0.3) is 5.91 Å². The van der Waals surface area contributed by atoms with Crippen LogP contribution < -0.4 is 0 Å². The lowest BCUT2D eigenvalue weighted by atomic mass is 9.74. The number of hydrogen-bond acceptors (Lipinski definition) is 4. The zero-order valence-electron chi connectivity index (χ0n) is 12.1. The maximum atomic E-state index is 11.2. The van der Waals surface area contributed by atoms with Crippen molar-refractivity contribution >= 4 is 25.0 Å². The van der Waals surface area contributed by atoms with Crippen LogP contribution in [-0.4, -0.2) is 42.2 Å². The number of fused-ring (bicyclic) bond motifs is 1. The third kappa shape index (κ3) is 2.09. The molecule has 2 heterocycles. The van der Waals surface area contributed by atoms with Crippen LogP contribution in [0.15, 0.2) is 33.7 Å². The van der Waals surface area contributed by atoms with Gasteiger partial charge in [-0.2, -0.15) is 0 Å². The number of carbonyl (C=O) groups is 1. The minimum absolute atomic E-state index is 0.216. The molecule has 0 aromatic rings. The van der Waals surface area contributed by atoms with Crippen molar-refractivity contribution in [3.8, 4) is 0 Å². The maximum absolute atomic E-state index is 11.2. The topological polar surface area (TPSA) is 60.2 Å². The number of nitrogens with zero attached hydrogens (tertiary/aromatic N) is 2. The van der Waals surface area contributed by atoms with Crippen LogP contribution in [0.2, 0.25) is 0 Å². The van der Waals surface area contributed by atoms with Gasteiger partial charge in [0.2, 0.25) is 0 Å². The molecular formula is C14H17BN2O3. The van der Waals surface area contributed by atoms with E-state index in [1.165, 1.54) is 6.21 Å². The summed E-state index contributed by atoms with van der Waals surface area (Å²) < 4.78 is 12.0. The number of rotatable bonds is 1. The van der Waals surface area contributed by atoms with Gasteiger partial charge in [0.1, 0.15) is 6.04 Å². The molecule has 0 bridgehead atoms. The van der Waals surface area contributed by atoms with E-state index in [2.05, 4.69) is 9.98 Å². The van der Waals surface area contributed by atoms with Crippen LogP contribution in [-0.2, 0) is 14.1 Å². The third-order valence-electron chi connectivity index (χ3n) is 4.21. The predicted octanol–water partition coefficient (Wildman–Crippen LogP) is 1.53. The summed E-state index contributed by atoms with van der Waals surface area (Å²) in [6, 6.07) is -0.216. The molecular weight excluding hydrogens is 255 g/mol. The summed E-state index contributed by atoms with van der Waals surface area (Å²) in [7, 11) is -0.411. The summed E-state index contributed by atoms with van der Waals surface area (Å²) in [6.07, 6.45) is 6.88. The van der Waals surface area contributed by atoms with Crippen molar-refractivity contribution in [2.45, 2.75) is 44.9 Å². The van der Waals surface area contributed by atoms with Gasteiger partial charge in [-0.25, -0.2) is 4.99 Å². The second kappa shape index (κ2) is 4.23. The quantitative estimate of drug-likeness (QED) is 0.680. The van der Waals surface area contributed by atoms with Crippen molar-refractivity contribution in [3.05, 3.63) is 23.7 Å². The lowest BCUT2D eigenvalue weighted by Gasteiger charge is -2.32. The summed E-state index contributed by atoms with van der Waals surface area (Å²) in [6.45, 7) is 8.07. The van der Waals surface area contributed by atoms with Crippen molar-refractivity contribution in [1.29, 1.82) is 0 Å². The van der Waals surface area contributed by atoms with Crippen LogP contribution in [0.1, 0.15) is 27.7 Å². The molecule has 20 heavy (non-hydrogen) atoms. The highest BCUT2D eigenvalue weighted by molar-refractivity contribution is 6.56. The molecule has 0 radical (unpaired) electrons. The van der Waals surface area contributed by atoms with E-state index in [9.17, 15) is 4.79 Å². The largest absolute Gasteiger partial charge is 0.494 e. The summed E-state index contributed by atoms with van der Waals surface area (Å²) in [5.74, 6) is -0.312. The third-order valence-corrected chi connectivity index (χ3v) is 4.21. The fraction of sp³-hybridized carbons (Fsp3) is 0.500. The van der Waals surface area contributed by atoms with Crippen molar-refractivity contribution in [1.82, 2.24) is 0 Å². The van der Waals surface area contributed by atoms with Gasteiger partial charge in [-0.3, -0.25) is 9.79 Å². The molecule has 0 saturated carbocycles. The lowest BCUT2D eigenvalue weighted by molar-refractivity contribution is -0.111. The van der Waals surface area contributed by atoms with E-state index in [1.807, 2.05) is 39.8 Å². The Hall–Kier alpha value is -1.53. The molecule has 6 heteroatoms. The maximum Gasteiger partial charge on any atom is 0.494 e. The summed E-state index contributed by atoms with van der Waals surface area (Å²) in [4.78, 5) is 19.3. The standard InChI is InChI=1S/C14H17BN2O3/c1-13(2)14(3,4)20-15(19-13)9-5-6-10-11(7-9)16-8-12(18)17-10/h5-8,11H,1-4H3. The number of aliphatic imine (C=N–C) groups is 2. The van der Waals surface area contributed by atoms with Gasteiger partial charge in [0.15, 0.2) is 0 Å². The molecule has 1 unspecified atom stereocenters. The summed E-state index contributed by atoms with van der Waals surface area (Å²) >= 11 is 0. The Bertz CT molecular complexity index is 571. The molecule has 1 aliphatic carbocycles. The molecule has 0 spiro atoms. The molecule has 1 amide bonds. The van der Waals surface area contributed by atoms with E-state index in [0.717, 1.165) is 5.47 Å². The highest BCUT2D eigenvalue weighted by atomic mass is 16.7. The Balaban J connectivity index is 1.85. The van der Waals surface area contributed by atoms with Gasteiger partial charge in [0, 0.05) is 0 Å². The van der Waals surface area contributed by atoms with Crippen LogP contribution in [0.4, 0.5) is 0 Å². The average Bonchev–Trinajstić information content (AvgIpc) is 2.58. The van der Waals surface area contributed by atoms with Crippen molar-refractivity contribution < 1.29 is 14.1 Å².